The largest absolute Gasteiger partial charge is 0.309 e. The summed E-state index contributed by atoms with van der Waals surface area (Å²) in [5, 5.41) is 3.85. The molecule has 1 aliphatic heterocycles. The molecule has 2 aliphatic rings. The Morgan fingerprint density at radius 3 is 2.86 bits per heavy atom. The van der Waals surface area contributed by atoms with Crippen LogP contribution in [0.25, 0.3) is 0 Å². The molecule has 0 amide bonds. The van der Waals surface area contributed by atoms with Crippen LogP contribution in [0.5, 0.6) is 0 Å². The van der Waals surface area contributed by atoms with E-state index in [1.165, 1.54) is 49.9 Å². The lowest BCUT2D eigenvalue weighted by Gasteiger charge is -2.49. The van der Waals surface area contributed by atoms with Crippen molar-refractivity contribution in [2.45, 2.75) is 70.5 Å². The number of nitrogens with one attached hydrogen (secondary N) is 1. The second kappa shape index (κ2) is 6.76. The molecular formula is C17H29N3S. The Hall–Kier alpha value is -0.450. The van der Waals surface area contributed by atoms with Gasteiger partial charge in [0.05, 0.1) is 5.51 Å². The van der Waals surface area contributed by atoms with E-state index in [1.54, 1.807) is 11.3 Å². The Morgan fingerprint density at radius 1 is 1.38 bits per heavy atom. The fourth-order valence-electron chi connectivity index (χ4n) is 4.02. The number of aromatic nitrogens is 1. The van der Waals surface area contributed by atoms with E-state index in [0.717, 1.165) is 19.0 Å². The Balaban J connectivity index is 1.73. The van der Waals surface area contributed by atoms with Crippen LogP contribution in [0.15, 0.2) is 11.7 Å². The van der Waals surface area contributed by atoms with Crippen LogP contribution in [0, 0.1) is 5.92 Å². The van der Waals surface area contributed by atoms with Crippen molar-refractivity contribution in [3.05, 3.63) is 16.6 Å². The van der Waals surface area contributed by atoms with Gasteiger partial charge >= 0.3 is 0 Å². The number of hydrogen-bond acceptors (Lipinski definition) is 4. The van der Waals surface area contributed by atoms with Gasteiger partial charge in [-0.1, -0.05) is 26.2 Å². The third kappa shape index (κ3) is 3.66. The van der Waals surface area contributed by atoms with Crippen LogP contribution in [-0.4, -0.2) is 34.6 Å². The number of rotatable bonds is 4. The van der Waals surface area contributed by atoms with Gasteiger partial charge in [-0.2, -0.15) is 0 Å². The van der Waals surface area contributed by atoms with Crippen molar-refractivity contribution < 1.29 is 0 Å². The van der Waals surface area contributed by atoms with E-state index < -0.39 is 0 Å². The normalized spacial score (nSPS) is 32.4. The molecule has 2 unspecified atom stereocenters. The van der Waals surface area contributed by atoms with Crippen molar-refractivity contribution in [3.63, 3.8) is 0 Å². The Morgan fingerprint density at radius 2 is 2.19 bits per heavy atom. The monoisotopic (exact) mass is 307 g/mol. The van der Waals surface area contributed by atoms with E-state index in [-0.39, 0.29) is 5.54 Å². The summed E-state index contributed by atoms with van der Waals surface area (Å²) < 4.78 is 0. The van der Waals surface area contributed by atoms with E-state index >= 15 is 0 Å². The van der Waals surface area contributed by atoms with Crippen LogP contribution < -0.4 is 5.32 Å². The van der Waals surface area contributed by atoms with Crippen LogP contribution in [0.2, 0.25) is 0 Å². The molecule has 118 valence electrons. The molecule has 2 atom stereocenters. The number of hydrogen-bond donors (Lipinski definition) is 1. The molecule has 1 aromatic rings. The molecule has 1 N–H and O–H groups in total. The first-order chi connectivity index (χ1) is 10.2. The summed E-state index contributed by atoms with van der Waals surface area (Å²) in [6, 6.07) is 0.715. The minimum absolute atomic E-state index is 0.274. The van der Waals surface area contributed by atoms with Crippen molar-refractivity contribution in [2.24, 2.45) is 5.92 Å². The minimum Gasteiger partial charge on any atom is -0.309 e. The molecule has 0 bridgehead atoms. The first-order valence-corrected chi connectivity index (χ1v) is 9.44. The third-order valence-electron chi connectivity index (χ3n) is 5.58. The second-order valence-corrected chi connectivity index (χ2v) is 8.10. The highest BCUT2D eigenvalue weighted by Gasteiger charge is 2.38. The zero-order valence-corrected chi connectivity index (χ0v) is 14.3. The molecule has 4 heteroatoms. The Labute approximate surface area is 133 Å². The van der Waals surface area contributed by atoms with Gasteiger partial charge in [-0.15, -0.1) is 11.3 Å². The van der Waals surface area contributed by atoms with E-state index in [4.69, 9.17) is 0 Å². The average molecular weight is 308 g/mol. The summed E-state index contributed by atoms with van der Waals surface area (Å²) in [7, 11) is 0. The summed E-state index contributed by atoms with van der Waals surface area (Å²) >= 11 is 1.80. The molecule has 1 aromatic heterocycles. The van der Waals surface area contributed by atoms with Gasteiger partial charge in [0, 0.05) is 42.3 Å². The van der Waals surface area contributed by atoms with Gasteiger partial charge < -0.3 is 5.32 Å². The smallest absolute Gasteiger partial charge is 0.0794 e. The topological polar surface area (TPSA) is 28.2 Å². The highest BCUT2D eigenvalue weighted by Crippen LogP contribution is 2.33. The van der Waals surface area contributed by atoms with Crippen LogP contribution in [-0.2, 0) is 6.54 Å². The predicted molar refractivity (Wildman–Crippen MR) is 89.6 cm³/mol. The van der Waals surface area contributed by atoms with Crippen LogP contribution in [0.4, 0.5) is 0 Å². The lowest BCUT2D eigenvalue weighted by atomic mass is 9.80. The maximum atomic E-state index is 4.26. The Kier molecular flexibility index (Phi) is 4.97. The van der Waals surface area contributed by atoms with Crippen molar-refractivity contribution in [1.82, 2.24) is 15.2 Å². The summed E-state index contributed by atoms with van der Waals surface area (Å²) in [6.45, 7) is 8.10. The van der Waals surface area contributed by atoms with Gasteiger partial charge in [-0.05, 0) is 32.1 Å². The van der Waals surface area contributed by atoms with Crippen LogP contribution in [0.1, 0.15) is 57.2 Å². The predicted octanol–water partition coefficient (Wildman–Crippen LogP) is 3.67. The summed E-state index contributed by atoms with van der Waals surface area (Å²) in [5.41, 5.74) is 2.24. The van der Waals surface area contributed by atoms with E-state index in [2.05, 4.69) is 29.0 Å². The lowest BCUT2D eigenvalue weighted by molar-refractivity contribution is 0.0353. The molecule has 0 aromatic carbocycles. The van der Waals surface area contributed by atoms with Gasteiger partial charge in [-0.3, -0.25) is 9.88 Å². The second-order valence-electron chi connectivity index (χ2n) is 7.13. The fraction of sp³-hybridized carbons (Fsp3) is 0.824. The molecule has 1 saturated carbocycles. The number of piperazine rings is 1. The van der Waals surface area contributed by atoms with Gasteiger partial charge in [0.2, 0.25) is 0 Å². The molecule has 3 nitrogen and oxygen atoms in total. The molecule has 3 rings (SSSR count). The molecule has 21 heavy (non-hydrogen) atoms. The molecule has 0 spiro atoms. The number of thiazole rings is 1. The van der Waals surface area contributed by atoms with Crippen molar-refractivity contribution in [3.8, 4) is 0 Å². The standard InChI is InChI=1S/C17H29N3S/c1-3-17(2)12-20(11-15-9-18-13-21-15)16(10-19-17)14-7-5-4-6-8-14/h9,13-14,16,19H,3-8,10-12H2,1-2H3. The van der Waals surface area contributed by atoms with Gasteiger partial charge in [0.25, 0.3) is 0 Å². The third-order valence-corrected chi connectivity index (χ3v) is 6.34. The van der Waals surface area contributed by atoms with E-state index in [9.17, 15) is 0 Å². The van der Waals surface area contributed by atoms with E-state index in [0.29, 0.717) is 6.04 Å². The molecule has 0 radical (unpaired) electrons. The van der Waals surface area contributed by atoms with Crippen molar-refractivity contribution in [2.75, 3.05) is 13.1 Å². The molecule has 1 aliphatic carbocycles. The number of nitrogens with zero attached hydrogens (tertiary/aromatic N) is 2. The average Bonchev–Trinajstić information content (AvgIpc) is 3.01. The van der Waals surface area contributed by atoms with Gasteiger partial charge in [0.15, 0.2) is 0 Å². The highest BCUT2D eigenvalue weighted by atomic mass is 32.1. The molecule has 2 heterocycles. The summed E-state index contributed by atoms with van der Waals surface area (Å²) in [6.07, 6.45) is 10.4. The molecule has 1 saturated heterocycles. The first-order valence-electron chi connectivity index (χ1n) is 8.56. The zero-order valence-electron chi connectivity index (χ0n) is 13.5. The highest BCUT2D eigenvalue weighted by molar-refractivity contribution is 7.09. The minimum atomic E-state index is 0.274. The van der Waals surface area contributed by atoms with Crippen LogP contribution in [0.3, 0.4) is 0 Å². The lowest BCUT2D eigenvalue weighted by Crippen LogP contribution is -2.64. The zero-order chi connectivity index (χ0) is 14.7. The van der Waals surface area contributed by atoms with Crippen molar-refractivity contribution in [1.29, 1.82) is 0 Å². The molecule has 2 fully saturated rings. The maximum absolute atomic E-state index is 4.26. The molecular weight excluding hydrogens is 278 g/mol. The fourth-order valence-corrected chi connectivity index (χ4v) is 4.63. The quantitative estimate of drug-likeness (QED) is 0.920. The Bertz CT molecular complexity index is 427. The van der Waals surface area contributed by atoms with Crippen LogP contribution >= 0.6 is 11.3 Å². The maximum Gasteiger partial charge on any atom is 0.0794 e. The SMILES string of the molecule is CCC1(C)CN(Cc2cncs2)C(C2CCCCC2)CN1. The van der Waals surface area contributed by atoms with Gasteiger partial charge in [-0.25, -0.2) is 0 Å². The van der Waals surface area contributed by atoms with E-state index in [1.807, 2.05) is 11.7 Å². The van der Waals surface area contributed by atoms with Crippen molar-refractivity contribution >= 4 is 11.3 Å². The summed E-state index contributed by atoms with van der Waals surface area (Å²) in [4.78, 5) is 8.42. The first kappa shape index (κ1) is 15.4. The van der Waals surface area contributed by atoms with Gasteiger partial charge in [0.1, 0.15) is 0 Å². The summed E-state index contributed by atoms with van der Waals surface area (Å²) in [5.74, 6) is 0.889.